The van der Waals surface area contributed by atoms with Gasteiger partial charge in [0.2, 0.25) is 5.91 Å². The van der Waals surface area contributed by atoms with Crippen LogP contribution in [-0.4, -0.2) is 30.7 Å². The van der Waals surface area contributed by atoms with Crippen molar-refractivity contribution in [1.29, 1.82) is 0 Å². The molecule has 0 saturated carbocycles. The van der Waals surface area contributed by atoms with Crippen molar-refractivity contribution in [3.8, 4) is 11.5 Å². The number of carboxylic acids is 1. The maximum atomic E-state index is 13.2. The summed E-state index contributed by atoms with van der Waals surface area (Å²) in [4.78, 5) is 24.6. The lowest BCUT2D eigenvalue weighted by molar-refractivity contribution is -0.148. The van der Waals surface area contributed by atoms with Gasteiger partial charge in [-0.1, -0.05) is 12.1 Å². The summed E-state index contributed by atoms with van der Waals surface area (Å²) >= 11 is 0. The molecule has 0 spiro atoms. The molecule has 1 aliphatic heterocycles. The number of nitrogens with one attached hydrogen (secondary N) is 1. The Morgan fingerprint density at radius 2 is 1.96 bits per heavy atom. The van der Waals surface area contributed by atoms with E-state index in [-0.39, 0.29) is 12.2 Å². The molecule has 1 heterocycles. The van der Waals surface area contributed by atoms with E-state index in [2.05, 4.69) is 5.32 Å². The van der Waals surface area contributed by atoms with Crippen LogP contribution in [0.5, 0.6) is 11.5 Å². The zero-order valence-corrected chi connectivity index (χ0v) is 15.0. The highest BCUT2D eigenvalue weighted by Gasteiger charge is 2.39. The van der Waals surface area contributed by atoms with E-state index in [0.717, 1.165) is 17.7 Å². The topological polar surface area (TPSA) is 84.9 Å². The Kier molecular flexibility index (Phi) is 5.03. The van der Waals surface area contributed by atoms with Crippen molar-refractivity contribution in [1.82, 2.24) is 5.32 Å². The van der Waals surface area contributed by atoms with Gasteiger partial charge in [0.15, 0.2) is 5.54 Å². The Hall–Kier alpha value is -3.09. The van der Waals surface area contributed by atoms with Gasteiger partial charge < -0.3 is 19.9 Å². The van der Waals surface area contributed by atoms with Gasteiger partial charge in [0.1, 0.15) is 23.9 Å². The lowest BCUT2D eigenvalue weighted by Crippen LogP contribution is -2.52. The van der Waals surface area contributed by atoms with Crippen molar-refractivity contribution in [3.63, 3.8) is 0 Å². The van der Waals surface area contributed by atoms with Gasteiger partial charge in [0.05, 0.1) is 13.0 Å². The number of ether oxygens (including phenoxy) is 2. The Balaban J connectivity index is 1.80. The molecule has 2 unspecified atom stereocenters. The molecule has 0 aliphatic carbocycles. The number of carboxylic acid groups (broad SMARTS) is 1. The molecule has 2 aromatic carbocycles. The predicted octanol–water partition coefficient (Wildman–Crippen LogP) is 2.50. The first-order chi connectivity index (χ1) is 12.8. The summed E-state index contributed by atoms with van der Waals surface area (Å²) in [5.41, 5.74) is -0.581. The monoisotopic (exact) mass is 373 g/mol. The van der Waals surface area contributed by atoms with Gasteiger partial charge in [0.25, 0.3) is 0 Å². The Morgan fingerprint density at radius 1 is 1.26 bits per heavy atom. The molecule has 2 aromatic rings. The minimum Gasteiger partial charge on any atom is -0.497 e. The van der Waals surface area contributed by atoms with E-state index in [1.54, 1.807) is 25.3 Å². The molecular formula is C20H20FNO5. The summed E-state index contributed by atoms with van der Waals surface area (Å²) in [6, 6.07) is 10.4. The minimum atomic E-state index is -1.68. The zero-order chi connectivity index (χ0) is 19.6. The highest BCUT2D eigenvalue weighted by atomic mass is 19.1. The van der Waals surface area contributed by atoms with Crippen LogP contribution >= 0.6 is 0 Å². The average molecular weight is 373 g/mol. The highest BCUT2D eigenvalue weighted by Crippen LogP contribution is 2.31. The molecule has 0 saturated heterocycles. The van der Waals surface area contributed by atoms with Crippen molar-refractivity contribution < 1.29 is 28.6 Å². The number of methoxy groups -OCH3 is 1. The van der Waals surface area contributed by atoms with Gasteiger partial charge in [-0.3, -0.25) is 4.79 Å². The number of benzene rings is 2. The van der Waals surface area contributed by atoms with Gasteiger partial charge in [-0.15, -0.1) is 0 Å². The van der Waals surface area contributed by atoms with Gasteiger partial charge >= 0.3 is 5.97 Å². The van der Waals surface area contributed by atoms with Crippen molar-refractivity contribution >= 4 is 11.9 Å². The van der Waals surface area contributed by atoms with Gasteiger partial charge in [-0.05, 0) is 54.8 Å². The Labute approximate surface area is 155 Å². The summed E-state index contributed by atoms with van der Waals surface area (Å²) in [5.74, 6) is -1.38. The first kappa shape index (κ1) is 18.7. The fourth-order valence-electron chi connectivity index (χ4n) is 3.05. The molecule has 142 valence electrons. The fourth-order valence-corrected chi connectivity index (χ4v) is 3.05. The molecule has 0 aromatic heterocycles. The number of carbonyl (C=O) groups is 2. The molecule has 0 fully saturated rings. The smallest absolute Gasteiger partial charge is 0.333 e. The molecule has 1 aliphatic rings. The van der Waals surface area contributed by atoms with E-state index < -0.39 is 29.2 Å². The first-order valence-corrected chi connectivity index (χ1v) is 8.44. The molecule has 2 N–H and O–H groups in total. The number of fused-ring (bicyclic) bond motifs is 1. The van der Waals surface area contributed by atoms with Gasteiger partial charge in [0, 0.05) is 0 Å². The highest BCUT2D eigenvalue weighted by molar-refractivity contribution is 5.89. The summed E-state index contributed by atoms with van der Waals surface area (Å²) in [7, 11) is 1.55. The van der Waals surface area contributed by atoms with Crippen LogP contribution in [0.2, 0.25) is 0 Å². The molecule has 27 heavy (non-hydrogen) atoms. The van der Waals surface area contributed by atoms with Crippen LogP contribution in [0.3, 0.4) is 0 Å². The number of aliphatic carboxylic acids is 1. The number of halogens is 1. The average Bonchev–Trinajstić information content (AvgIpc) is 2.67. The quantitative estimate of drug-likeness (QED) is 0.841. The van der Waals surface area contributed by atoms with Crippen LogP contribution in [-0.2, 0) is 21.5 Å². The maximum absolute atomic E-state index is 13.2. The third-order valence-corrected chi connectivity index (χ3v) is 4.77. The molecule has 6 nitrogen and oxygen atoms in total. The Morgan fingerprint density at radius 3 is 2.59 bits per heavy atom. The molecular weight excluding hydrogens is 353 g/mol. The third kappa shape index (κ3) is 3.72. The normalized spacial score (nSPS) is 17.8. The predicted molar refractivity (Wildman–Crippen MR) is 95.2 cm³/mol. The second-order valence-electron chi connectivity index (χ2n) is 6.61. The van der Waals surface area contributed by atoms with E-state index >= 15 is 0 Å². The van der Waals surface area contributed by atoms with Crippen molar-refractivity contribution in [2.45, 2.75) is 18.9 Å². The largest absolute Gasteiger partial charge is 0.497 e. The number of amides is 1. The zero-order valence-electron chi connectivity index (χ0n) is 15.0. The van der Waals surface area contributed by atoms with Crippen molar-refractivity contribution in [3.05, 3.63) is 59.4 Å². The van der Waals surface area contributed by atoms with Crippen LogP contribution in [0.25, 0.3) is 0 Å². The van der Waals surface area contributed by atoms with E-state index in [1.165, 1.54) is 19.1 Å². The van der Waals surface area contributed by atoms with Crippen LogP contribution in [0.15, 0.2) is 42.5 Å². The van der Waals surface area contributed by atoms with Crippen molar-refractivity contribution in [2.75, 3.05) is 13.7 Å². The van der Waals surface area contributed by atoms with Crippen LogP contribution in [0, 0.1) is 11.7 Å². The third-order valence-electron chi connectivity index (χ3n) is 4.77. The van der Waals surface area contributed by atoms with E-state index in [1.807, 2.05) is 0 Å². The second-order valence-corrected chi connectivity index (χ2v) is 6.61. The van der Waals surface area contributed by atoms with Crippen LogP contribution < -0.4 is 14.8 Å². The molecule has 3 rings (SSSR count). The Bertz CT molecular complexity index is 867. The van der Waals surface area contributed by atoms with Crippen LogP contribution in [0.1, 0.15) is 18.1 Å². The minimum absolute atomic E-state index is 0.143. The number of hydrogen-bond acceptors (Lipinski definition) is 4. The van der Waals surface area contributed by atoms with Crippen molar-refractivity contribution in [2.24, 2.45) is 5.92 Å². The van der Waals surface area contributed by atoms with Crippen LogP contribution in [0.4, 0.5) is 4.39 Å². The molecule has 2 atom stereocenters. The van der Waals surface area contributed by atoms with Gasteiger partial charge in [-0.2, -0.15) is 0 Å². The van der Waals surface area contributed by atoms with E-state index in [9.17, 15) is 19.1 Å². The maximum Gasteiger partial charge on any atom is 0.333 e. The number of carbonyl (C=O) groups excluding carboxylic acids is 1. The molecule has 7 heteroatoms. The molecule has 1 amide bonds. The lowest BCUT2D eigenvalue weighted by atomic mass is 9.89. The molecule has 0 radical (unpaired) electrons. The number of rotatable bonds is 5. The molecule has 0 bridgehead atoms. The summed E-state index contributed by atoms with van der Waals surface area (Å²) in [6.45, 7) is 1.52. The summed E-state index contributed by atoms with van der Waals surface area (Å²) in [6.07, 6.45) is 0.400. The summed E-state index contributed by atoms with van der Waals surface area (Å²) < 4.78 is 24.0. The number of hydrogen-bond donors (Lipinski definition) is 2. The fraction of sp³-hybridized carbons (Fsp3) is 0.300. The standard InChI is InChI=1S/C20H20FNO5/c1-20(19(24)25,14-3-5-15(21)6-4-14)22-18(23)13-9-12-10-16(26-2)7-8-17(12)27-11-13/h3-8,10,13H,9,11H2,1-2H3,(H,22,23)(H,24,25). The lowest BCUT2D eigenvalue weighted by Gasteiger charge is -2.31. The first-order valence-electron chi connectivity index (χ1n) is 8.44. The van der Waals surface area contributed by atoms with E-state index in [0.29, 0.717) is 17.9 Å². The SMILES string of the molecule is COc1ccc2c(c1)CC(C(=O)NC(C)(C(=O)O)c1ccc(F)cc1)CO2. The van der Waals surface area contributed by atoms with Gasteiger partial charge in [-0.25, -0.2) is 9.18 Å². The van der Waals surface area contributed by atoms with E-state index in [4.69, 9.17) is 9.47 Å². The second kappa shape index (κ2) is 7.26. The summed E-state index contributed by atoms with van der Waals surface area (Å²) in [5, 5.41) is 12.3.